The zero-order chi connectivity index (χ0) is 10.9. The van der Waals surface area contributed by atoms with E-state index in [1.54, 1.807) is 0 Å². The number of allylic oxidation sites excluding steroid dienone is 6. The maximum atomic E-state index is 2.20. The first-order valence-corrected chi connectivity index (χ1v) is 5.06. The zero-order valence-electron chi connectivity index (χ0n) is 10.2. The molecule has 0 aromatic heterocycles. The summed E-state index contributed by atoms with van der Waals surface area (Å²) in [6.45, 7) is 14.5. The highest BCUT2D eigenvalue weighted by Gasteiger charge is 1.89. The summed E-state index contributed by atoms with van der Waals surface area (Å²) in [6.07, 6.45) is 6.45. The predicted octanol–water partition coefficient (Wildman–Crippen LogP) is 5.53. The first-order chi connectivity index (χ1) is 6.11. The van der Waals surface area contributed by atoms with E-state index in [-0.39, 0.29) is 7.43 Å². The van der Waals surface area contributed by atoms with Crippen LogP contribution in [0.2, 0.25) is 0 Å². The first-order valence-electron chi connectivity index (χ1n) is 5.06. The lowest BCUT2D eigenvalue weighted by Gasteiger charge is -1.99. The summed E-state index contributed by atoms with van der Waals surface area (Å²) in [5, 5.41) is 0. The summed E-state index contributed by atoms with van der Waals surface area (Å²) in [4.78, 5) is 0. The van der Waals surface area contributed by atoms with E-state index >= 15 is 0 Å². The van der Waals surface area contributed by atoms with E-state index in [4.69, 9.17) is 0 Å². The Kier molecular flexibility index (Phi) is 16.5. The Morgan fingerprint density at radius 2 is 1.21 bits per heavy atom. The fourth-order valence-electron chi connectivity index (χ4n) is 0.766. The number of hydrogen-bond acceptors (Lipinski definition) is 0. The van der Waals surface area contributed by atoms with Crippen molar-refractivity contribution in [3.05, 3.63) is 34.9 Å². The van der Waals surface area contributed by atoms with Crippen LogP contribution < -0.4 is 0 Å². The molecule has 0 aliphatic carbocycles. The zero-order valence-corrected chi connectivity index (χ0v) is 10.2. The van der Waals surface area contributed by atoms with Crippen LogP contribution in [0.15, 0.2) is 34.9 Å². The molecule has 0 heteroatoms. The molecule has 0 rings (SSSR count). The van der Waals surface area contributed by atoms with Crippen molar-refractivity contribution in [1.82, 2.24) is 0 Å². The van der Waals surface area contributed by atoms with Crippen molar-refractivity contribution in [3.8, 4) is 0 Å². The van der Waals surface area contributed by atoms with Gasteiger partial charge in [-0.2, -0.15) is 0 Å². The van der Waals surface area contributed by atoms with E-state index in [1.807, 2.05) is 13.8 Å². The van der Waals surface area contributed by atoms with Crippen molar-refractivity contribution in [1.29, 1.82) is 0 Å². The normalized spacial score (nSPS) is 12.6. The molecular weight excluding hydrogens is 168 g/mol. The molecule has 0 heterocycles. The second-order valence-corrected chi connectivity index (χ2v) is 2.83. The van der Waals surface area contributed by atoms with Crippen molar-refractivity contribution >= 4 is 0 Å². The van der Waals surface area contributed by atoms with Gasteiger partial charge in [-0.1, -0.05) is 50.6 Å². The van der Waals surface area contributed by atoms with Gasteiger partial charge < -0.3 is 0 Å². The second kappa shape index (κ2) is 12.2. The second-order valence-electron chi connectivity index (χ2n) is 2.83. The Balaban J connectivity index is -0.000000376. The Morgan fingerprint density at radius 3 is 1.50 bits per heavy atom. The lowest BCUT2D eigenvalue weighted by atomic mass is 10.1. The van der Waals surface area contributed by atoms with E-state index in [2.05, 4.69) is 52.8 Å². The molecule has 0 fully saturated rings. The van der Waals surface area contributed by atoms with Gasteiger partial charge >= 0.3 is 0 Å². The minimum Gasteiger partial charge on any atom is -0.0847 e. The van der Waals surface area contributed by atoms with Gasteiger partial charge in [-0.05, 0) is 40.2 Å². The topological polar surface area (TPSA) is 0 Å². The van der Waals surface area contributed by atoms with Crippen LogP contribution in [0, 0.1) is 0 Å². The van der Waals surface area contributed by atoms with Crippen LogP contribution in [0.1, 0.15) is 55.9 Å². The Morgan fingerprint density at radius 1 is 0.786 bits per heavy atom. The van der Waals surface area contributed by atoms with Gasteiger partial charge in [0.1, 0.15) is 0 Å². The molecule has 0 aliphatic rings. The van der Waals surface area contributed by atoms with Gasteiger partial charge in [-0.15, -0.1) is 0 Å². The summed E-state index contributed by atoms with van der Waals surface area (Å²) in [5.41, 5.74) is 4.03. The lowest BCUT2D eigenvalue weighted by Crippen LogP contribution is -1.79. The molecule has 0 N–H and O–H groups in total. The van der Waals surface area contributed by atoms with Crippen molar-refractivity contribution < 1.29 is 0 Å². The predicted molar refractivity (Wildman–Crippen MR) is 70.7 cm³/mol. The molecule has 0 bridgehead atoms. The van der Waals surface area contributed by atoms with Crippen LogP contribution in [0.3, 0.4) is 0 Å². The van der Waals surface area contributed by atoms with Gasteiger partial charge in [0.2, 0.25) is 0 Å². The lowest BCUT2D eigenvalue weighted by molar-refractivity contribution is 1.30. The molecule has 0 aromatic carbocycles. The summed E-state index contributed by atoms with van der Waals surface area (Å²) >= 11 is 0. The highest BCUT2D eigenvalue weighted by Crippen LogP contribution is 2.10. The van der Waals surface area contributed by atoms with Gasteiger partial charge in [0.25, 0.3) is 0 Å². The smallest absolute Gasteiger partial charge is 0.0395 e. The van der Waals surface area contributed by atoms with Crippen LogP contribution in [0.25, 0.3) is 0 Å². The molecule has 0 spiro atoms. The fourth-order valence-corrected chi connectivity index (χ4v) is 0.766. The average molecular weight is 196 g/mol. The molecule has 0 saturated heterocycles. The summed E-state index contributed by atoms with van der Waals surface area (Å²) in [7, 11) is 0. The molecule has 0 aromatic rings. The van der Waals surface area contributed by atoms with E-state index in [0.717, 1.165) is 0 Å². The van der Waals surface area contributed by atoms with Gasteiger partial charge in [-0.3, -0.25) is 0 Å². The molecule has 0 aliphatic heterocycles. The van der Waals surface area contributed by atoms with Crippen molar-refractivity contribution in [2.75, 3.05) is 0 Å². The molecule has 84 valence electrons. The Hall–Kier alpha value is -0.780. The Bertz CT molecular complexity index is 202. The monoisotopic (exact) mass is 196 g/mol. The third-order valence-electron chi connectivity index (χ3n) is 1.95. The SMILES string of the molecule is C.CC.C\C=C(C)/C=C(C)\C(C)=C/C. The highest BCUT2D eigenvalue weighted by atomic mass is 14.0. The summed E-state index contributed by atoms with van der Waals surface area (Å²) in [6, 6.07) is 0. The minimum atomic E-state index is 0. The van der Waals surface area contributed by atoms with E-state index in [1.165, 1.54) is 16.7 Å². The number of hydrogen-bond donors (Lipinski definition) is 0. The molecule has 0 nitrogen and oxygen atoms in total. The van der Waals surface area contributed by atoms with Crippen LogP contribution in [0.4, 0.5) is 0 Å². The van der Waals surface area contributed by atoms with Gasteiger partial charge in [0.05, 0.1) is 0 Å². The molecule has 0 amide bonds. The van der Waals surface area contributed by atoms with E-state index in [9.17, 15) is 0 Å². The maximum Gasteiger partial charge on any atom is -0.0395 e. The fraction of sp³-hybridized carbons (Fsp3) is 0.571. The summed E-state index contributed by atoms with van der Waals surface area (Å²) < 4.78 is 0. The van der Waals surface area contributed by atoms with E-state index in [0.29, 0.717) is 0 Å². The van der Waals surface area contributed by atoms with Crippen LogP contribution in [-0.4, -0.2) is 0 Å². The molecule has 0 radical (unpaired) electrons. The quantitative estimate of drug-likeness (QED) is 0.510. The van der Waals surface area contributed by atoms with E-state index < -0.39 is 0 Å². The molecular formula is C14H28. The van der Waals surface area contributed by atoms with Crippen LogP contribution in [-0.2, 0) is 0 Å². The maximum absolute atomic E-state index is 2.20. The summed E-state index contributed by atoms with van der Waals surface area (Å²) in [5.74, 6) is 0. The van der Waals surface area contributed by atoms with Crippen LogP contribution >= 0.6 is 0 Å². The van der Waals surface area contributed by atoms with Crippen molar-refractivity contribution in [2.24, 2.45) is 0 Å². The van der Waals surface area contributed by atoms with Crippen molar-refractivity contribution in [3.63, 3.8) is 0 Å². The molecule has 0 unspecified atom stereocenters. The third kappa shape index (κ3) is 9.31. The van der Waals surface area contributed by atoms with Crippen LogP contribution in [0.5, 0.6) is 0 Å². The largest absolute Gasteiger partial charge is 0.0847 e. The van der Waals surface area contributed by atoms with Gasteiger partial charge in [-0.25, -0.2) is 0 Å². The Labute approximate surface area is 91.4 Å². The third-order valence-corrected chi connectivity index (χ3v) is 1.95. The first kappa shape index (κ1) is 18.9. The average Bonchev–Trinajstić information content (AvgIpc) is 2.19. The molecule has 0 saturated carbocycles. The highest BCUT2D eigenvalue weighted by molar-refractivity contribution is 5.33. The van der Waals surface area contributed by atoms with Gasteiger partial charge in [0.15, 0.2) is 0 Å². The van der Waals surface area contributed by atoms with Crippen molar-refractivity contribution in [2.45, 2.75) is 55.9 Å². The standard InChI is InChI=1S/C11H18.C2H6.CH4/c1-6-9(3)8-11(5)10(4)7-2;1-2;/h6-8H,1-5H3;1-2H3;1H4/b9-6-,10-7-,11-8-;;. The molecule has 0 atom stereocenters. The van der Waals surface area contributed by atoms with Gasteiger partial charge in [0, 0.05) is 0 Å². The number of rotatable bonds is 2. The minimum absolute atomic E-state index is 0. The molecule has 14 heavy (non-hydrogen) atoms.